The molecule has 7 heteroatoms. The molecule has 6 nitrogen and oxygen atoms in total. The number of unbranched alkanes of at least 4 members (excludes halogenated alkanes) is 9. The average molecular weight is 463 g/mol. The molecule has 0 fully saturated rings. The number of phenols is 1. The third kappa shape index (κ3) is 9.30. The van der Waals surface area contributed by atoms with Crippen LogP contribution in [0.4, 0.5) is 0 Å². The number of carboxylic acid groups (broad SMARTS) is 1. The predicted octanol–water partition coefficient (Wildman–Crippen LogP) is 5.84. The van der Waals surface area contributed by atoms with Crippen LogP contribution in [0.3, 0.4) is 0 Å². The first-order valence-electron chi connectivity index (χ1n) is 11.4. The second kappa shape index (κ2) is 13.8. The Bertz CT molecular complexity index is 925. The summed E-state index contributed by atoms with van der Waals surface area (Å²) in [6.45, 7) is 0.539. The van der Waals surface area contributed by atoms with E-state index in [-0.39, 0.29) is 17.1 Å². The summed E-state index contributed by atoms with van der Waals surface area (Å²) in [4.78, 5) is 11.3. The molecule has 0 unspecified atom stereocenters. The van der Waals surface area contributed by atoms with E-state index in [4.69, 9.17) is 9.84 Å². The standard InChI is InChI=1S/C25H34O6S/c26-24-20-21(16-17-23(24)25(27)28)31-18-12-7-5-3-1-2-4-6-8-13-19-32(29,30)22-14-10-9-11-15-22/h9-11,14-17,20,26H,1-8,12-13,18-19H2,(H,27,28). The molecule has 0 saturated heterocycles. The van der Waals surface area contributed by atoms with E-state index in [1.165, 1.54) is 31.4 Å². The number of ether oxygens (including phenoxy) is 1. The summed E-state index contributed by atoms with van der Waals surface area (Å²) in [5, 5.41) is 18.5. The molecule has 0 bridgehead atoms. The zero-order chi connectivity index (χ0) is 23.2. The molecule has 0 aliphatic carbocycles. The molecule has 32 heavy (non-hydrogen) atoms. The second-order valence-corrected chi connectivity index (χ2v) is 10.1. The average Bonchev–Trinajstić information content (AvgIpc) is 2.77. The molecule has 2 aromatic rings. The molecule has 0 atom stereocenters. The van der Waals surface area contributed by atoms with Crippen molar-refractivity contribution in [2.75, 3.05) is 12.4 Å². The topological polar surface area (TPSA) is 101 Å². The van der Waals surface area contributed by atoms with E-state index < -0.39 is 15.8 Å². The maximum absolute atomic E-state index is 12.2. The fourth-order valence-corrected chi connectivity index (χ4v) is 4.92. The number of rotatable bonds is 16. The molecule has 176 valence electrons. The van der Waals surface area contributed by atoms with Crippen molar-refractivity contribution in [1.82, 2.24) is 0 Å². The summed E-state index contributed by atoms with van der Waals surface area (Å²) in [6.07, 6.45) is 10.5. The third-order valence-corrected chi connectivity index (χ3v) is 7.19. The molecule has 0 aliphatic heterocycles. The van der Waals surface area contributed by atoms with Crippen molar-refractivity contribution >= 4 is 15.8 Å². The van der Waals surface area contributed by atoms with Gasteiger partial charge in [-0.3, -0.25) is 0 Å². The minimum atomic E-state index is -3.14. The first kappa shape index (κ1) is 25.7. The van der Waals surface area contributed by atoms with Gasteiger partial charge in [-0.1, -0.05) is 69.6 Å². The van der Waals surface area contributed by atoms with E-state index >= 15 is 0 Å². The fourth-order valence-electron chi connectivity index (χ4n) is 3.53. The minimum absolute atomic E-state index is 0.130. The van der Waals surface area contributed by atoms with Crippen LogP contribution in [0.25, 0.3) is 0 Å². The molecule has 2 rings (SSSR count). The number of benzene rings is 2. The van der Waals surface area contributed by atoms with Gasteiger partial charge in [0.25, 0.3) is 0 Å². The van der Waals surface area contributed by atoms with Crippen LogP contribution >= 0.6 is 0 Å². The molecule has 0 saturated carbocycles. The number of hydrogen-bond acceptors (Lipinski definition) is 5. The van der Waals surface area contributed by atoms with Crippen molar-refractivity contribution in [3.8, 4) is 11.5 Å². The van der Waals surface area contributed by atoms with Gasteiger partial charge in [-0.25, -0.2) is 13.2 Å². The van der Waals surface area contributed by atoms with E-state index in [0.29, 0.717) is 23.7 Å². The van der Waals surface area contributed by atoms with Gasteiger partial charge in [0.2, 0.25) is 0 Å². The maximum atomic E-state index is 12.2. The molecule has 0 aromatic heterocycles. The van der Waals surface area contributed by atoms with Crippen LogP contribution < -0.4 is 4.74 Å². The van der Waals surface area contributed by atoms with Gasteiger partial charge in [0.1, 0.15) is 17.1 Å². The summed E-state index contributed by atoms with van der Waals surface area (Å²) in [5.41, 5.74) is -0.130. The highest BCUT2D eigenvalue weighted by atomic mass is 32.2. The van der Waals surface area contributed by atoms with Gasteiger partial charge in [0, 0.05) is 6.07 Å². The van der Waals surface area contributed by atoms with Crippen molar-refractivity contribution in [2.45, 2.75) is 69.1 Å². The smallest absolute Gasteiger partial charge is 0.339 e. The minimum Gasteiger partial charge on any atom is -0.507 e. The molecule has 0 amide bonds. The monoisotopic (exact) mass is 462 g/mol. The van der Waals surface area contributed by atoms with E-state index in [1.54, 1.807) is 30.3 Å². The van der Waals surface area contributed by atoms with Crippen LogP contribution in [-0.4, -0.2) is 37.0 Å². The number of aromatic hydroxyl groups is 1. The molecular weight excluding hydrogens is 428 g/mol. The van der Waals surface area contributed by atoms with Gasteiger partial charge in [-0.15, -0.1) is 0 Å². The molecule has 2 aromatic carbocycles. The van der Waals surface area contributed by atoms with E-state index in [1.807, 2.05) is 6.07 Å². The highest BCUT2D eigenvalue weighted by Gasteiger charge is 2.13. The summed E-state index contributed by atoms with van der Waals surface area (Å²) < 4.78 is 30.0. The Hall–Kier alpha value is -2.54. The van der Waals surface area contributed by atoms with Gasteiger partial charge in [0.15, 0.2) is 9.84 Å². The molecular formula is C25H34O6S. The molecule has 2 N–H and O–H groups in total. The Kier molecular flexibility index (Phi) is 11.1. The van der Waals surface area contributed by atoms with Gasteiger partial charge in [-0.2, -0.15) is 0 Å². The summed E-state index contributed by atoms with van der Waals surface area (Å²) in [6, 6.07) is 12.9. The predicted molar refractivity (Wildman–Crippen MR) is 125 cm³/mol. The van der Waals surface area contributed by atoms with Gasteiger partial charge >= 0.3 is 5.97 Å². The van der Waals surface area contributed by atoms with E-state index in [0.717, 1.165) is 38.5 Å². The van der Waals surface area contributed by atoms with Crippen molar-refractivity contribution in [3.05, 3.63) is 54.1 Å². The molecule has 0 radical (unpaired) electrons. The Morgan fingerprint density at radius 3 is 1.91 bits per heavy atom. The summed E-state index contributed by atoms with van der Waals surface area (Å²) >= 11 is 0. The summed E-state index contributed by atoms with van der Waals surface area (Å²) in [7, 11) is -3.14. The molecule has 0 spiro atoms. The zero-order valence-electron chi connectivity index (χ0n) is 18.5. The fraction of sp³-hybridized carbons (Fsp3) is 0.480. The highest BCUT2D eigenvalue weighted by Crippen LogP contribution is 2.24. The van der Waals surface area contributed by atoms with Crippen LogP contribution in [0.5, 0.6) is 11.5 Å². The Balaban J connectivity index is 1.42. The van der Waals surface area contributed by atoms with Crippen molar-refractivity contribution in [1.29, 1.82) is 0 Å². The van der Waals surface area contributed by atoms with Crippen LogP contribution in [0.15, 0.2) is 53.4 Å². The van der Waals surface area contributed by atoms with Crippen molar-refractivity contribution < 1.29 is 28.2 Å². The number of hydrogen-bond donors (Lipinski definition) is 2. The Labute approximate surface area is 191 Å². The van der Waals surface area contributed by atoms with E-state index in [9.17, 15) is 18.3 Å². The first-order chi connectivity index (χ1) is 15.4. The third-order valence-electron chi connectivity index (χ3n) is 5.38. The molecule has 0 heterocycles. The lowest BCUT2D eigenvalue weighted by Crippen LogP contribution is -2.06. The quantitative estimate of drug-likeness (QED) is 0.304. The van der Waals surface area contributed by atoms with Gasteiger partial charge < -0.3 is 14.9 Å². The van der Waals surface area contributed by atoms with E-state index in [2.05, 4.69) is 0 Å². The van der Waals surface area contributed by atoms with Gasteiger partial charge in [-0.05, 0) is 37.1 Å². The van der Waals surface area contributed by atoms with Gasteiger partial charge in [0.05, 0.1) is 17.3 Å². The Morgan fingerprint density at radius 1 is 0.781 bits per heavy atom. The van der Waals surface area contributed by atoms with Crippen LogP contribution in [0.2, 0.25) is 0 Å². The van der Waals surface area contributed by atoms with Crippen molar-refractivity contribution in [3.63, 3.8) is 0 Å². The highest BCUT2D eigenvalue weighted by molar-refractivity contribution is 7.91. The number of aromatic carboxylic acids is 1. The van der Waals surface area contributed by atoms with Crippen LogP contribution in [0.1, 0.15) is 74.6 Å². The number of carboxylic acids is 1. The SMILES string of the molecule is O=C(O)c1ccc(OCCCCCCCCCCCCS(=O)(=O)c2ccccc2)cc1O. The van der Waals surface area contributed by atoms with Crippen LogP contribution in [0, 0.1) is 0 Å². The largest absolute Gasteiger partial charge is 0.507 e. The molecule has 0 aliphatic rings. The number of carbonyl (C=O) groups is 1. The van der Waals surface area contributed by atoms with Crippen LogP contribution in [-0.2, 0) is 9.84 Å². The first-order valence-corrected chi connectivity index (χ1v) is 13.0. The lowest BCUT2D eigenvalue weighted by Gasteiger charge is -2.08. The second-order valence-electron chi connectivity index (χ2n) is 8.00. The lowest BCUT2D eigenvalue weighted by atomic mass is 10.1. The lowest BCUT2D eigenvalue weighted by molar-refractivity contribution is 0.0693. The maximum Gasteiger partial charge on any atom is 0.339 e. The zero-order valence-corrected chi connectivity index (χ0v) is 19.4. The number of sulfone groups is 1. The Morgan fingerprint density at radius 2 is 1.34 bits per heavy atom. The summed E-state index contributed by atoms with van der Waals surface area (Å²) in [5.74, 6) is -0.746. The van der Waals surface area contributed by atoms with Crippen molar-refractivity contribution in [2.24, 2.45) is 0 Å². The normalized spacial score (nSPS) is 11.4.